The molecule has 6 nitrogen and oxygen atoms in total. The monoisotopic (exact) mass is 496 g/mol. The minimum atomic E-state index is -0.634. The van der Waals surface area contributed by atoms with Crippen LogP contribution in [-0.4, -0.2) is 40.1 Å². The standard InChI is InChI=1S/C23H30BrFN2O4/c1-15-10-18(24)6-7-20(15)16(2)14-31-23(28)27-19-11-17(13-26-3)22(21(25)12-19)30-9-5-8-29-4/h6-7,10-12,16,26H,5,8-9,13-14H2,1-4H3,(H,27,28). The lowest BCUT2D eigenvalue weighted by Gasteiger charge is -2.17. The quantitative estimate of drug-likeness (QED) is 0.408. The van der Waals surface area contributed by atoms with Crippen LogP contribution in [0.2, 0.25) is 0 Å². The van der Waals surface area contributed by atoms with Gasteiger partial charge in [0.05, 0.1) is 13.2 Å². The zero-order chi connectivity index (χ0) is 22.8. The smallest absolute Gasteiger partial charge is 0.411 e. The average molecular weight is 497 g/mol. The summed E-state index contributed by atoms with van der Waals surface area (Å²) in [5, 5.41) is 5.59. The number of hydrogen-bond donors (Lipinski definition) is 2. The molecule has 2 N–H and O–H groups in total. The van der Waals surface area contributed by atoms with Crippen molar-refractivity contribution in [1.29, 1.82) is 0 Å². The summed E-state index contributed by atoms with van der Waals surface area (Å²) in [6, 6.07) is 8.90. The number of halogens is 2. The number of methoxy groups -OCH3 is 1. The van der Waals surface area contributed by atoms with Crippen LogP contribution in [0.5, 0.6) is 5.75 Å². The maximum absolute atomic E-state index is 14.6. The van der Waals surface area contributed by atoms with Crippen LogP contribution >= 0.6 is 15.9 Å². The molecule has 0 radical (unpaired) electrons. The second-order valence-corrected chi connectivity index (χ2v) is 8.21. The lowest BCUT2D eigenvalue weighted by Crippen LogP contribution is -2.18. The summed E-state index contributed by atoms with van der Waals surface area (Å²) in [7, 11) is 3.36. The van der Waals surface area contributed by atoms with Crippen LogP contribution in [0.4, 0.5) is 14.9 Å². The number of hydrogen-bond acceptors (Lipinski definition) is 5. The second kappa shape index (κ2) is 12.6. The van der Waals surface area contributed by atoms with E-state index in [-0.39, 0.29) is 18.3 Å². The Kier molecular flexibility index (Phi) is 10.2. The minimum absolute atomic E-state index is 0.0262. The lowest BCUT2D eigenvalue weighted by atomic mass is 9.97. The van der Waals surface area contributed by atoms with E-state index in [2.05, 4.69) is 26.6 Å². The van der Waals surface area contributed by atoms with Crippen LogP contribution in [0.1, 0.15) is 36.0 Å². The molecule has 0 fully saturated rings. The summed E-state index contributed by atoms with van der Waals surface area (Å²) in [5.74, 6) is -0.346. The Bertz CT molecular complexity index is 879. The predicted molar refractivity (Wildman–Crippen MR) is 123 cm³/mol. The molecule has 0 heterocycles. The van der Waals surface area contributed by atoms with Crippen LogP contribution in [0.25, 0.3) is 0 Å². The first-order valence-electron chi connectivity index (χ1n) is 10.1. The van der Waals surface area contributed by atoms with Crippen molar-refractivity contribution in [2.75, 3.05) is 39.3 Å². The molecular weight excluding hydrogens is 467 g/mol. The van der Waals surface area contributed by atoms with Gasteiger partial charge >= 0.3 is 6.09 Å². The van der Waals surface area contributed by atoms with Gasteiger partial charge in [0.15, 0.2) is 11.6 Å². The van der Waals surface area contributed by atoms with Gasteiger partial charge in [-0.1, -0.05) is 28.9 Å². The van der Waals surface area contributed by atoms with Gasteiger partial charge in [0, 0.05) is 54.4 Å². The number of amides is 1. The van der Waals surface area contributed by atoms with Crippen molar-refractivity contribution in [2.24, 2.45) is 0 Å². The first kappa shape index (κ1) is 25.1. The Labute approximate surface area is 191 Å². The van der Waals surface area contributed by atoms with Gasteiger partial charge in [0.2, 0.25) is 0 Å². The number of aryl methyl sites for hydroxylation is 1. The second-order valence-electron chi connectivity index (χ2n) is 7.30. The third-order valence-electron chi connectivity index (χ3n) is 4.70. The summed E-state index contributed by atoms with van der Waals surface area (Å²) < 4.78 is 31.6. The van der Waals surface area contributed by atoms with Crippen LogP contribution in [-0.2, 0) is 16.0 Å². The van der Waals surface area contributed by atoms with E-state index >= 15 is 0 Å². The third kappa shape index (κ3) is 7.79. The van der Waals surface area contributed by atoms with E-state index in [1.165, 1.54) is 6.07 Å². The highest BCUT2D eigenvalue weighted by atomic mass is 79.9. The molecule has 8 heteroatoms. The molecule has 2 aromatic carbocycles. The predicted octanol–water partition coefficient (Wildman–Crippen LogP) is 5.38. The zero-order valence-corrected chi connectivity index (χ0v) is 20.0. The van der Waals surface area contributed by atoms with Crippen molar-refractivity contribution in [1.82, 2.24) is 5.32 Å². The van der Waals surface area contributed by atoms with E-state index in [1.54, 1.807) is 20.2 Å². The van der Waals surface area contributed by atoms with Gasteiger partial charge in [-0.15, -0.1) is 0 Å². The fourth-order valence-electron chi connectivity index (χ4n) is 3.22. The number of carbonyl (C=O) groups is 1. The maximum Gasteiger partial charge on any atom is 0.411 e. The molecule has 2 rings (SSSR count). The largest absolute Gasteiger partial charge is 0.490 e. The molecule has 31 heavy (non-hydrogen) atoms. The highest BCUT2D eigenvalue weighted by molar-refractivity contribution is 9.10. The molecule has 0 aromatic heterocycles. The van der Waals surface area contributed by atoms with E-state index < -0.39 is 11.9 Å². The SMILES string of the molecule is CNCc1cc(NC(=O)OCC(C)c2ccc(Br)cc2C)cc(F)c1OCCCOC. The molecule has 0 spiro atoms. The molecule has 0 aliphatic rings. The highest BCUT2D eigenvalue weighted by Crippen LogP contribution is 2.28. The molecule has 1 unspecified atom stereocenters. The van der Waals surface area contributed by atoms with Crippen molar-refractivity contribution in [3.63, 3.8) is 0 Å². The average Bonchev–Trinajstić information content (AvgIpc) is 2.71. The molecular formula is C23H30BrFN2O4. The number of ether oxygens (including phenoxy) is 3. The maximum atomic E-state index is 14.6. The van der Waals surface area contributed by atoms with Crippen molar-refractivity contribution in [3.05, 3.63) is 57.3 Å². The Balaban J connectivity index is 1.99. The van der Waals surface area contributed by atoms with E-state index in [9.17, 15) is 9.18 Å². The van der Waals surface area contributed by atoms with Crippen LogP contribution in [0.3, 0.4) is 0 Å². The fraction of sp³-hybridized carbons (Fsp3) is 0.435. The summed E-state index contributed by atoms with van der Waals surface area (Å²) in [6.45, 7) is 5.48. The molecule has 1 amide bonds. The third-order valence-corrected chi connectivity index (χ3v) is 5.19. The number of nitrogens with one attached hydrogen (secondary N) is 2. The number of carbonyl (C=O) groups excluding carboxylic acids is 1. The van der Waals surface area contributed by atoms with Crippen molar-refractivity contribution >= 4 is 27.7 Å². The normalized spacial score (nSPS) is 11.8. The van der Waals surface area contributed by atoms with Crippen molar-refractivity contribution in [2.45, 2.75) is 32.7 Å². The molecule has 0 bridgehead atoms. The Morgan fingerprint density at radius 1 is 1.23 bits per heavy atom. The van der Waals surface area contributed by atoms with Crippen LogP contribution < -0.4 is 15.4 Å². The van der Waals surface area contributed by atoms with E-state index in [1.807, 2.05) is 32.0 Å². The molecule has 1 atom stereocenters. The Morgan fingerprint density at radius 3 is 2.68 bits per heavy atom. The number of rotatable bonds is 11. The van der Waals surface area contributed by atoms with Crippen molar-refractivity contribution < 1.29 is 23.4 Å². The highest BCUT2D eigenvalue weighted by Gasteiger charge is 2.16. The molecule has 0 saturated carbocycles. The van der Waals surface area contributed by atoms with Gasteiger partial charge in [0.1, 0.15) is 0 Å². The summed E-state index contributed by atoms with van der Waals surface area (Å²) in [4.78, 5) is 12.3. The molecule has 2 aromatic rings. The van der Waals surface area contributed by atoms with Gasteiger partial charge in [0.25, 0.3) is 0 Å². The summed E-state index contributed by atoms with van der Waals surface area (Å²) in [6.07, 6.45) is 0.0160. The van der Waals surface area contributed by atoms with Gasteiger partial charge in [-0.2, -0.15) is 0 Å². The number of benzene rings is 2. The lowest BCUT2D eigenvalue weighted by molar-refractivity contribution is 0.155. The topological polar surface area (TPSA) is 68.8 Å². The minimum Gasteiger partial charge on any atom is -0.490 e. The zero-order valence-electron chi connectivity index (χ0n) is 18.4. The van der Waals surface area contributed by atoms with Gasteiger partial charge in [-0.3, -0.25) is 5.32 Å². The van der Waals surface area contributed by atoms with Gasteiger partial charge < -0.3 is 19.5 Å². The molecule has 0 aliphatic heterocycles. The summed E-state index contributed by atoms with van der Waals surface area (Å²) >= 11 is 3.45. The summed E-state index contributed by atoms with van der Waals surface area (Å²) in [5.41, 5.74) is 3.14. The van der Waals surface area contributed by atoms with E-state index in [4.69, 9.17) is 14.2 Å². The first-order valence-corrected chi connectivity index (χ1v) is 10.9. The van der Waals surface area contributed by atoms with Crippen LogP contribution in [0, 0.1) is 12.7 Å². The molecule has 170 valence electrons. The van der Waals surface area contributed by atoms with Gasteiger partial charge in [-0.05, 0) is 43.3 Å². The number of anilines is 1. The Hall–Kier alpha value is -2.16. The molecule has 0 aliphatic carbocycles. The van der Waals surface area contributed by atoms with Gasteiger partial charge in [-0.25, -0.2) is 9.18 Å². The first-order chi connectivity index (χ1) is 14.8. The fourth-order valence-corrected chi connectivity index (χ4v) is 3.70. The van der Waals surface area contributed by atoms with E-state index in [0.717, 1.165) is 15.6 Å². The van der Waals surface area contributed by atoms with E-state index in [0.29, 0.717) is 37.4 Å². The van der Waals surface area contributed by atoms with Crippen LogP contribution in [0.15, 0.2) is 34.8 Å². The molecule has 0 saturated heterocycles. The van der Waals surface area contributed by atoms with Crippen molar-refractivity contribution in [3.8, 4) is 5.75 Å². The Morgan fingerprint density at radius 2 is 2.00 bits per heavy atom.